The van der Waals surface area contributed by atoms with E-state index in [-0.39, 0.29) is 11.9 Å². The predicted molar refractivity (Wildman–Crippen MR) is 115 cm³/mol. The molecule has 1 aliphatic rings. The minimum Gasteiger partial charge on any atom is -0.355 e. The highest BCUT2D eigenvalue weighted by atomic mass is 16.5. The van der Waals surface area contributed by atoms with Crippen molar-refractivity contribution >= 4 is 34.2 Å². The monoisotopic (exact) mass is 398 g/mol. The van der Waals surface area contributed by atoms with Gasteiger partial charge in [-0.1, -0.05) is 35.5 Å². The van der Waals surface area contributed by atoms with Crippen molar-refractivity contribution in [1.82, 2.24) is 10.5 Å². The van der Waals surface area contributed by atoms with Gasteiger partial charge in [0, 0.05) is 35.6 Å². The number of carbonyl (C=O) groups is 2. The molecule has 0 spiro atoms. The topological polar surface area (TPSA) is 87.5 Å². The number of urea groups is 1. The first-order valence-electron chi connectivity index (χ1n) is 9.61. The number of carbonyl (C=O) groups excluding carboxylic acids is 2. The minimum atomic E-state index is -0.233. The average molecular weight is 398 g/mol. The van der Waals surface area contributed by atoms with E-state index in [1.807, 2.05) is 42.5 Å². The third-order valence-electron chi connectivity index (χ3n) is 5.07. The Labute approximate surface area is 172 Å². The molecular weight excluding hydrogens is 380 g/mol. The zero-order valence-corrected chi connectivity index (χ0v) is 16.0. The highest BCUT2D eigenvalue weighted by Gasteiger charge is 2.21. The Hall–Kier alpha value is -4.13. The van der Waals surface area contributed by atoms with Gasteiger partial charge in [0.15, 0.2) is 5.76 Å². The maximum Gasteiger partial charge on any atom is 0.321 e. The summed E-state index contributed by atoms with van der Waals surface area (Å²) in [5, 5.41) is 10.5. The summed E-state index contributed by atoms with van der Waals surface area (Å²) >= 11 is 0. The summed E-state index contributed by atoms with van der Waals surface area (Å²) in [5.41, 5.74) is 3.54. The van der Waals surface area contributed by atoms with Crippen LogP contribution < -0.4 is 15.5 Å². The van der Waals surface area contributed by atoms with Gasteiger partial charge in [-0.15, -0.1) is 0 Å². The third-order valence-corrected chi connectivity index (χ3v) is 5.07. The van der Waals surface area contributed by atoms with E-state index in [0.29, 0.717) is 35.6 Å². The molecule has 2 heterocycles. The molecule has 0 atom stereocenters. The highest BCUT2D eigenvalue weighted by molar-refractivity contribution is 6.07. The van der Waals surface area contributed by atoms with Crippen molar-refractivity contribution < 1.29 is 14.1 Å². The zero-order chi connectivity index (χ0) is 20.5. The predicted octanol–water partition coefficient (Wildman–Crippen LogP) is 4.28. The molecule has 30 heavy (non-hydrogen) atoms. The fraction of sp³-hybridized carbons (Fsp3) is 0.0870. The van der Waals surface area contributed by atoms with Crippen LogP contribution in [0.4, 0.5) is 16.2 Å². The molecule has 0 bridgehead atoms. The molecule has 0 saturated carbocycles. The number of nitrogens with one attached hydrogen (secondary N) is 2. The number of hydrogen-bond donors (Lipinski definition) is 2. The van der Waals surface area contributed by atoms with E-state index in [4.69, 9.17) is 4.52 Å². The van der Waals surface area contributed by atoms with Crippen molar-refractivity contribution in [3.63, 3.8) is 0 Å². The fourth-order valence-electron chi connectivity index (χ4n) is 3.53. The van der Waals surface area contributed by atoms with Crippen LogP contribution in [0.2, 0.25) is 0 Å². The Morgan fingerprint density at radius 1 is 1.03 bits per heavy atom. The lowest BCUT2D eigenvalue weighted by Crippen LogP contribution is -2.27. The number of anilines is 2. The van der Waals surface area contributed by atoms with Crippen molar-refractivity contribution in [2.45, 2.75) is 0 Å². The van der Waals surface area contributed by atoms with Crippen LogP contribution in [0.5, 0.6) is 0 Å². The maximum atomic E-state index is 12.8. The lowest BCUT2D eigenvalue weighted by Gasteiger charge is -2.14. The fourth-order valence-corrected chi connectivity index (χ4v) is 3.53. The van der Waals surface area contributed by atoms with E-state index in [0.717, 1.165) is 16.6 Å². The van der Waals surface area contributed by atoms with Crippen LogP contribution in [-0.2, 0) is 0 Å². The summed E-state index contributed by atoms with van der Waals surface area (Å²) in [6.45, 7) is 1.26. The van der Waals surface area contributed by atoms with E-state index in [1.165, 1.54) is 0 Å². The molecule has 3 amide bonds. The molecule has 1 fully saturated rings. The zero-order valence-electron chi connectivity index (χ0n) is 16.0. The summed E-state index contributed by atoms with van der Waals surface area (Å²) in [6.07, 6.45) is 0. The average Bonchev–Trinajstić information content (AvgIpc) is 3.40. The van der Waals surface area contributed by atoms with Gasteiger partial charge in [-0.25, -0.2) is 4.79 Å². The van der Waals surface area contributed by atoms with Crippen LogP contribution in [0.25, 0.3) is 22.2 Å². The molecule has 148 valence electrons. The largest absolute Gasteiger partial charge is 0.355 e. The molecule has 7 nitrogen and oxygen atoms in total. The first kappa shape index (κ1) is 17.9. The minimum absolute atomic E-state index is 0.108. The number of fused-ring (bicyclic) bond motifs is 1. The van der Waals surface area contributed by atoms with E-state index < -0.39 is 0 Å². The van der Waals surface area contributed by atoms with Gasteiger partial charge in [-0.3, -0.25) is 9.69 Å². The summed E-state index contributed by atoms with van der Waals surface area (Å²) in [7, 11) is 0. The lowest BCUT2D eigenvalue weighted by atomic mass is 10.1. The SMILES string of the molecule is O=C(Nc1ccc(N2CCNC2=O)cc1)c1ccc2noc(-c3ccccc3)c2c1. The standard InChI is InChI=1S/C23H18N4O3/c28-22(25-17-7-9-18(10-8-17)27-13-12-24-23(27)29)16-6-11-20-19(14-16)21(30-26-20)15-4-2-1-3-5-15/h1-11,14H,12-13H2,(H,24,29)(H,25,28). The number of aromatic nitrogens is 1. The number of rotatable bonds is 4. The van der Waals surface area contributed by atoms with Crippen molar-refractivity contribution in [1.29, 1.82) is 0 Å². The summed E-state index contributed by atoms with van der Waals surface area (Å²) < 4.78 is 5.51. The molecule has 0 radical (unpaired) electrons. The second-order valence-corrected chi connectivity index (χ2v) is 6.99. The van der Waals surface area contributed by atoms with Crippen LogP contribution in [0.1, 0.15) is 10.4 Å². The van der Waals surface area contributed by atoms with Crippen LogP contribution >= 0.6 is 0 Å². The van der Waals surface area contributed by atoms with Gasteiger partial charge in [-0.2, -0.15) is 0 Å². The van der Waals surface area contributed by atoms with Crippen molar-refractivity contribution in [3.05, 3.63) is 78.4 Å². The number of amides is 3. The molecule has 1 aromatic heterocycles. The Bertz CT molecular complexity index is 1230. The van der Waals surface area contributed by atoms with Gasteiger partial charge in [0.05, 0.1) is 5.39 Å². The molecular formula is C23H18N4O3. The Morgan fingerprint density at radius 2 is 1.83 bits per heavy atom. The molecule has 4 aromatic rings. The Morgan fingerprint density at radius 3 is 2.57 bits per heavy atom. The van der Waals surface area contributed by atoms with Gasteiger partial charge in [0.1, 0.15) is 5.52 Å². The molecule has 1 saturated heterocycles. The van der Waals surface area contributed by atoms with Crippen LogP contribution in [0.15, 0.2) is 77.3 Å². The van der Waals surface area contributed by atoms with Gasteiger partial charge in [-0.05, 0) is 42.5 Å². The number of nitrogens with zero attached hydrogens (tertiary/aromatic N) is 2. The van der Waals surface area contributed by atoms with Crippen LogP contribution in [0.3, 0.4) is 0 Å². The van der Waals surface area contributed by atoms with Crippen LogP contribution in [-0.4, -0.2) is 30.2 Å². The third kappa shape index (κ3) is 3.26. The van der Waals surface area contributed by atoms with Gasteiger partial charge in [0.2, 0.25) is 0 Å². The van der Waals surface area contributed by atoms with Gasteiger partial charge >= 0.3 is 6.03 Å². The molecule has 0 unspecified atom stereocenters. The van der Waals surface area contributed by atoms with Crippen LogP contribution in [0, 0.1) is 0 Å². The number of benzene rings is 3. The normalized spacial score (nSPS) is 13.5. The molecule has 2 N–H and O–H groups in total. The second-order valence-electron chi connectivity index (χ2n) is 6.99. The molecule has 3 aromatic carbocycles. The van der Waals surface area contributed by atoms with E-state index >= 15 is 0 Å². The smallest absolute Gasteiger partial charge is 0.321 e. The van der Waals surface area contributed by atoms with Gasteiger partial charge in [0.25, 0.3) is 5.91 Å². The highest BCUT2D eigenvalue weighted by Crippen LogP contribution is 2.29. The van der Waals surface area contributed by atoms with Gasteiger partial charge < -0.3 is 15.2 Å². The van der Waals surface area contributed by atoms with E-state index in [9.17, 15) is 9.59 Å². The first-order chi connectivity index (χ1) is 14.7. The van der Waals surface area contributed by atoms with Crippen molar-refractivity contribution in [3.8, 4) is 11.3 Å². The molecule has 7 heteroatoms. The van der Waals surface area contributed by atoms with E-state index in [2.05, 4.69) is 15.8 Å². The molecule has 0 aliphatic carbocycles. The van der Waals surface area contributed by atoms with E-state index in [1.54, 1.807) is 35.2 Å². The lowest BCUT2D eigenvalue weighted by molar-refractivity contribution is 0.102. The van der Waals surface area contributed by atoms with Crippen molar-refractivity contribution in [2.75, 3.05) is 23.3 Å². The number of hydrogen-bond acceptors (Lipinski definition) is 4. The summed E-state index contributed by atoms with van der Waals surface area (Å²) in [6, 6.07) is 22.0. The Balaban J connectivity index is 1.38. The Kier molecular flexibility index (Phi) is 4.40. The molecule has 5 rings (SSSR count). The molecule has 1 aliphatic heterocycles. The van der Waals surface area contributed by atoms with Crippen molar-refractivity contribution in [2.24, 2.45) is 0 Å². The second kappa shape index (κ2) is 7.36. The maximum absolute atomic E-state index is 12.8. The summed E-state index contributed by atoms with van der Waals surface area (Å²) in [5.74, 6) is 0.400. The quantitative estimate of drug-likeness (QED) is 0.537. The first-order valence-corrected chi connectivity index (χ1v) is 9.61. The summed E-state index contributed by atoms with van der Waals surface area (Å²) in [4.78, 5) is 26.2.